The van der Waals surface area contributed by atoms with E-state index in [4.69, 9.17) is 4.42 Å². The van der Waals surface area contributed by atoms with Crippen molar-refractivity contribution in [1.29, 1.82) is 0 Å². The number of rotatable bonds is 7. The summed E-state index contributed by atoms with van der Waals surface area (Å²) in [6.07, 6.45) is 0. The van der Waals surface area contributed by atoms with Crippen LogP contribution in [0.5, 0.6) is 0 Å². The third-order valence-corrected chi connectivity index (χ3v) is 10.2. The van der Waals surface area contributed by atoms with E-state index in [1.54, 1.807) is 0 Å². The average Bonchev–Trinajstić information content (AvgIpc) is 3.59. The molecule has 0 aliphatic rings. The Balaban J connectivity index is 1.17. The lowest BCUT2D eigenvalue weighted by molar-refractivity contribution is 0.669. The van der Waals surface area contributed by atoms with E-state index in [0.717, 1.165) is 61.4 Å². The molecule has 0 spiro atoms. The van der Waals surface area contributed by atoms with Gasteiger partial charge < -0.3 is 14.2 Å². The highest BCUT2D eigenvalue weighted by Gasteiger charge is 2.20. The maximum Gasteiger partial charge on any atom is 0.136 e. The van der Waals surface area contributed by atoms with Crippen LogP contribution in [0, 0.1) is 0 Å². The quantitative estimate of drug-likeness (QED) is 0.156. The third kappa shape index (κ3) is 5.47. The summed E-state index contributed by atoms with van der Waals surface area (Å²) in [5, 5.41) is 6.97. The fourth-order valence-electron chi connectivity index (χ4n) is 7.73. The van der Waals surface area contributed by atoms with E-state index in [9.17, 15) is 0 Å². The van der Waals surface area contributed by atoms with Gasteiger partial charge in [0.25, 0.3) is 0 Å². The minimum atomic E-state index is 0.904. The predicted octanol–water partition coefficient (Wildman–Crippen LogP) is 14.5. The zero-order chi connectivity index (χ0) is 35.1. The molecule has 0 aliphatic carbocycles. The molecule has 0 bridgehead atoms. The first-order valence-corrected chi connectivity index (χ1v) is 18.0. The van der Waals surface area contributed by atoms with Gasteiger partial charge in [0, 0.05) is 44.6 Å². The Morgan fingerprint density at radius 1 is 0.302 bits per heavy atom. The highest BCUT2D eigenvalue weighted by molar-refractivity contribution is 6.20. The van der Waals surface area contributed by atoms with E-state index < -0.39 is 0 Å². The maximum absolute atomic E-state index is 6.31. The average molecular weight is 679 g/mol. The number of fused-ring (bicyclic) bond motifs is 6. The number of hydrogen-bond donors (Lipinski definition) is 0. The molecule has 9 aromatic carbocycles. The van der Waals surface area contributed by atoms with Crippen LogP contribution >= 0.6 is 0 Å². The Morgan fingerprint density at radius 2 is 0.868 bits per heavy atom. The van der Waals surface area contributed by atoms with Crippen LogP contribution in [-0.2, 0) is 0 Å². The molecule has 10 aromatic rings. The lowest BCUT2D eigenvalue weighted by atomic mass is 9.97. The fourth-order valence-corrected chi connectivity index (χ4v) is 7.73. The van der Waals surface area contributed by atoms with Crippen LogP contribution in [-0.4, -0.2) is 0 Å². The molecule has 0 fully saturated rings. The largest absolute Gasteiger partial charge is 0.456 e. The van der Waals surface area contributed by atoms with Crippen molar-refractivity contribution in [3.63, 3.8) is 0 Å². The van der Waals surface area contributed by atoms with Crippen LogP contribution in [0.25, 0.3) is 54.6 Å². The highest BCUT2D eigenvalue weighted by atomic mass is 16.3. The molecule has 0 saturated heterocycles. The van der Waals surface area contributed by atoms with Gasteiger partial charge in [0.05, 0.1) is 5.69 Å². The second-order valence-electron chi connectivity index (χ2n) is 13.4. The van der Waals surface area contributed by atoms with Crippen molar-refractivity contribution < 1.29 is 4.42 Å². The summed E-state index contributed by atoms with van der Waals surface area (Å²) in [5.41, 5.74) is 10.7. The van der Waals surface area contributed by atoms with Gasteiger partial charge in [-0.2, -0.15) is 0 Å². The summed E-state index contributed by atoms with van der Waals surface area (Å²) in [6.45, 7) is 0. The van der Waals surface area contributed by atoms with Crippen molar-refractivity contribution in [3.8, 4) is 11.1 Å². The lowest BCUT2D eigenvalue weighted by Gasteiger charge is -2.30. The van der Waals surface area contributed by atoms with Gasteiger partial charge in [-0.15, -0.1) is 0 Å². The van der Waals surface area contributed by atoms with E-state index in [0.29, 0.717) is 0 Å². The van der Waals surface area contributed by atoms with Gasteiger partial charge >= 0.3 is 0 Å². The number of nitrogens with zero attached hydrogens (tertiary/aromatic N) is 2. The van der Waals surface area contributed by atoms with Crippen molar-refractivity contribution >= 4 is 77.6 Å². The van der Waals surface area contributed by atoms with E-state index in [1.165, 1.54) is 27.3 Å². The van der Waals surface area contributed by atoms with E-state index in [1.807, 2.05) is 12.1 Å². The van der Waals surface area contributed by atoms with Crippen LogP contribution in [0.1, 0.15) is 0 Å². The van der Waals surface area contributed by atoms with Crippen LogP contribution in [0.4, 0.5) is 34.1 Å². The molecular formula is C50H34N2O. The molecular weight excluding hydrogens is 645 g/mol. The highest BCUT2D eigenvalue weighted by Crippen LogP contribution is 2.45. The monoisotopic (exact) mass is 678 g/mol. The van der Waals surface area contributed by atoms with Gasteiger partial charge in [-0.1, -0.05) is 127 Å². The maximum atomic E-state index is 6.31. The number of para-hydroxylation sites is 3. The Bertz CT molecular complexity index is 2880. The molecule has 1 heterocycles. The molecule has 0 saturated carbocycles. The zero-order valence-electron chi connectivity index (χ0n) is 28.9. The molecule has 0 aliphatic heterocycles. The van der Waals surface area contributed by atoms with Crippen LogP contribution < -0.4 is 9.80 Å². The summed E-state index contributed by atoms with van der Waals surface area (Å²) in [4.78, 5) is 4.73. The summed E-state index contributed by atoms with van der Waals surface area (Å²) < 4.78 is 6.31. The fraction of sp³-hybridized carbons (Fsp3) is 0. The molecule has 250 valence electrons. The normalized spacial score (nSPS) is 11.4. The van der Waals surface area contributed by atoms with Crippen molar-refractivity contribution in [1.82, 2.24) is 0 Å². The first kappa shape index (κ1) is 30.7. The minimum absolute atomic E-state index is 0.904. The number of anilines is 6. The molecule has 10 rings (SSSR count). The molecule has 3 heteroatoms. The Morgan fingerprint density at radius 3 is 1.62 bits per heavy atom. The first-order valence-electron chi connectivity index (χ1n) is 18.0. The number of benzene rings is 9. The van der Waals surface area contributed by atoms with Crippen molar-refractivity contribution in [2.24, 2.45) is 0 Å². The topological polar surface area (TPSA) is 19.6 Å². The summed E-state index contributed by atoms with van der Waals surface area (Å²) in [5.74, 6) is 0. The SMILES string of the molecule is c1ccc(-c2ccc(N(c3ccccc3)c3cccc(N(c4ccccc4)c4cccc5ccc6cc7oc8ccccc8c7cc6c45)c3)cc2)cc1. The van der Waals surface area contributed by atoms with Crippen LogP contribution in [0.3, 0.4) is 0 Å². The Labute approximate surface area is 308 Å². The van der Waals surface area contributed by atoms with Gasteiger partial charge in [0.15, 0.2) is 0 Å². The smallest absolute Gasteiger partial charge is 0.136 e. The number of hydrogen-bond acceptors (Lipinski definition) is 3. The molecule has 53 heavy (non-hydrogen) atoms. The van der Waals surface area contributed by atoms with Crippen LogP contribution in [0.15, 0.2) is 211 Å². The molecule has 0 atom stereocenters. The van der Waals surface area contributed by atoms with Gasteiger partial charge in [-0.25, -0.2) is 0 Å². The van der Waals surface area contributed by atoms with Crippen molar-refractivity contribution in [2.75, 3.05) is 9.80 Å². The standard InChI is InChI=1S/C50H34N2O/c1-4-14-35(15-5-1)36-28-30-41(31-29-36)51(39-17-6-2-7-18-39)42-21-13-22-43(33-42)52(40-19-8-3-9-20-40)47-24-12-16-37-26-27-38-32-49-46(34-45(38)50(37)47)44-23-10-11-25-48(44)53-49/h1-34H. The number of furan rings is 1. The minimum Gasteiger partial charge on any atom is -0.456 e. The first-order chi connectivity index (χ1) is 26.3. The van der Waals surface area contributed by atoms with Gasteiger partial charge in [-0.3, -0.25) is 0 Å². The Kier molecular flexibility index (Phi) is 7.47. The second-order valence-corrected chi connectivity index (χ2v) is 13.4. The van der Waals surface area contributed by atoms with Gasteiger partial charge in [-0.05, 0) is 106 Å². The van der Waals surface area contributed by atoms with E-state index >= 15 is 0 Å². The molecule has 1 aromatic heterocycles. The van der Waals surface area contributed by atoms with E-state index in [2.05, 4.69) is 204 Å². The van der Waals surface area contributed by atoms with Gasteiger partial charge in [0.2, 0.25) is 0 Å². The van der Waals surface area contributed by atoms with Crippen molar-refractivity contribution in [3.05, 3.63) is 206 Å². The molecule has 0 radical (unpaired) electrons. The zero-order valence-corrected chi connectivity index (χ0v) is 28.9. The summed E-state index contributed by atoms with van der Waals surface area (Å²) in [7, 11) is 0. The van der Waals surface area contributed by atoms with Crippen LogP contribution in [0.2, 0.25) is 0 Å². The second kappa shape index (κ2) is 12.9. The molecule has 0 unspecified atom stereocenters. The summed E-state index contributed by atoms with van der Waals surface area (Å²) in [6, 6.07) is 73.4. The third-order valence-electron chi connectivity index (χ3n) is 10.2. The molecule has 0 N–H and O–H groups in total. The lowest BCUT2D eigenvalue weighted by Crippen LogP contribution is -2.13. The van der Waals surface area contributed by atoms with E-state index in [-0.39, 0.29) is 0 Å². The predicted molar refractivity (Wildman–Crippen MR) is 224 cm³/mol. The molecule has 3 nitrogen and oxygen atoms in total. The molecule has 0 amide bonds. The van der Waals surface area contributed by atoms with Crippen molar-refractivity contribution in [2.45, 2.75) is 0 Å². The van der Waals surface area contributed by atoms with Gasteiger partial charge in [0.1, 0.15) is 11.2 Å². The summed E-state index contributed by atoms with van der Waals surface area (Å²) >= 11 is 0. The Hall–Kier alpha value is -7.10.